The van der Waals surface area contributed by atoms with Crippen LogP contribution in [0.5, 0.6) is 0 Å². The number of rotatable bonds is 5. The molecule has 0 spiro atoms. The summed E-state index contributed by atoms with van der Waals surface area (Å²) in [5.41, 5.74) is 0.997. The van der Waals surface area contributed by atoms with Crippen molar-refractivity contribution in [2.75, 3.05) is 17.1 Å². The predicted molar refractivity (Wildman–Crippen MR) is 94.3 cm³/mol. The minimum atomic E-state index is -3.61. The highest BCUT2D eigenvalue weighted by Gasteiger charge is 2.25. The highest BCUT2D eigenvalue weighted by atomic mass is 32.2. The van der Waals surface area contributed by atoms with E-state index in [1.165, 1.54) is 0 Å². The van der Waals surface area contributed by atoms with Crippen LogP contribution in [-0.2, 0) is 14.8 Å². The van der Waals surface area contributed by atoms with Crippen LogP contribution in [0, 0.1) is 0 Å². The number of sulfonamides is 1. The molecule has 0 aliphatic heterocycles. The van der Waals surface area contributed by atoms with Crippen molar-refractivity contribution in [3.63, 3.8) is 0 Å². The van der Waals surface area contributed by atoms with Gasteiger partial charge in [-0.2, -0.15) is 0 Å². The fourth-order valence-corrected chi connectivity index (χ4v) is 4.00. The fourth-order valence-electron chi connectivity index (χ4n) is 3.14. The minimum Gasteiger partial charge on any atom is -0.352 e. The van der Waals surface area contributed by atoms with Gasteiger partial charge in [0.25, 0.3) is 0 Å². The van der Waals surface area contributed by atoms with Crippen LogP contribution in [0.4, 0.5) is 5.69 Å². The Morgan fingerprint density at radius 2 is 1.96 bits per heavy atom. The zero-order valence-corrected chi connectivity index (χ0v) is 14.4. The van der Waals surface area contributed by atoms with Gasteiger partial charge in [0.05, 0.1) is 17.5 Å². The van der Waals surface area contributed by atoms with Crippen LogP contribution in [0.15, 0.2) is 36.5 Å². The summed E-state index contributed by atoms with van der Waals surface area (Å²) in [7, 11) is -3.61. The smallest absolute Gasteiger partial charge is 0.240 e. The minimum absolute atomic E-state index is 0.157. The number of carbonyl (C=O) groups is 1. The van der Waals surface area contributed by atoms with Crippen molar-refractivity contribution >= 4 is 32.5 Å². The van der Waals surface area contributed by atoms with Crippen LogP contribution in [0.1, 0.15) is 25.7 Å². The second-order valence-electron chi connectivity index (χ2n) is 6.17. The van der Waals surface area contributed by atoms with Gasteiger partial charge in [-0.1, -0.05) is 31.0 Å². The second-order valence-corrected chi connectivity index (χ2v) is 8.08. The molecule has 0 bridgehead atoms. The highest BCUT2D eigenvalue weighted by molar-refractivity contribution is 7.92. The van der Waals surface area contributed by atoms with E-state index in [1.807, 2.05) is 12.1 Å². The van der Waals surface area contributed by atoms with E-state index < -0.39 is 10.0 Å². The van der Waals surface area contributed by atoms with Crippen molar-refractivity contribution in [1.82, 2.24) is 10.3 Å². The summed E-state index contributed by atoms with van der Waals surface area (Å²) >= 11 is 0. The Morgan fingerprint density at radius 3 is 2.67 bits per heavy atom. The van der Waals surface area contributed by atoms with E-state index in [-0.39, 0.29) is 18.5 Å². The molecule has 1 aromatic heterocycles. The molecule has 1 saturated carbocycles. The number of carbonyl (C=O) groups excluding carboxylic acids is 1. The number of pyridine rings is 1. The number of nitrogens with zero attached hydrogens (tertiary/aromatic N) is 2. The first-order valence-corrected chi connectivity index (χ1v) is 9.91. The first-order chi connectivity index (χ1) is 11.4. The summed E-state index contributed by atoms with van der Waals surface area (Å²) in [5, 5.41) is 3.77. The van der Waals surface area contributed by atoms with Crippen molar-refractivity contribution in [3.05, 3.63) is 36.5 Å². The Balaban J connectivity index is 1.90. The molecule has 1 heterocycles. The van der Waals surface area contributed by atoms with E-state index in [1.54, 1.807) is 24.4 Å². The maximum atomic E-state index is 12.3. The first kappa shape index (κ1) is 16.7. The number of amides is 1. The van der Waals surface area contributed by atoms with Crippen LogP contribution >= 0.6 is 0 Å². The molecule has 3 rings (SSSR count). The SMILES string of the molecule is CS(=O)(=O)N(CC(=O)NC1CCCC1)c1cccc2cccnc12. The number of hydrogen-bond donors (Lipinski definition) is 1. The first-order valence-electron chi connectivity index (χ1n) is 8.06. The molecule has 1 amide bonds. The fraction of sp³-hybridized carbons (Fsp3) is 0.412. The molecule has 7 heteroatoms. The largest absolute Gasteiger partial charge is 0.352 e. The van der Waals surface area contributed by atoms with Crippen molar-refractivity contribution < 1.29 is 13.2 Å². The number of nitrogens with one attached hydrogen (secondary N) is 1. The van der Waals surface area contributed by atoms with Crippen LogP contribution in [0.3, 0.4) is 0 Å². The lowest BCUT2D eigenvalue weighted by Crippen LogP contribution is -2.43. The third kappa shape index (κ3) is 3.67. The predicted octanol–water partition coefficient (Wildman–Crippen LogP) is 2.06. The third-order valence-corrected chi connectivity index (χ3v) is 5.41. The number of para-hydroxylation sites is 1. The molecule has 0 radical (unpaired) electrons. The number of aromatic nitrogens is 1. The molecular weight excluding hydrogens is 326 g/mol. The van der Waals surface area contributed by atoms with Crippen LogP contribution < -0.4 is 9.62 Å². The molecule has 2 aromatic rings. The number of fused-ring (bicyclic) bond motifs is 1. The molecule has 1 aromatic carbocycles. The Hall–Kier alpha value is -2.15. The van der Waals surface area contributed by atoms with Gasteiger partial charge in [0, 0.05) is 17.6 Å². The van der Waals surface area contributed by atoms with E-state index in [4.69, 9.17) is 0 Å². The Morgan fingerprint density at radius 1 is 1.25 bits per heavy atom. The van der Waals surface area contributed by atoms with Gasteiger partial charge in [-0.05, 0) is 25.0 Å². The van der Waals surface area contributed by atoms with Gasteiger partial charge in [0.15, 0.2) is 0 Å². The van der Waals surface area contributed by atoms with Crippen LogP contribution in [0.2, 0.25) is 0 Å². The lowest BCUT2D eigenvalue weighted by molar-refractivity contribution is -0.120. The number of benzene rings is 1. The van der Waals surface area contributed by atoms with Gasteiger partial charge in [0.2, 0.25) is 15.9 Å². The van der Waals surface area contributed by atoms with Crippen molar-refractivity contribution in [1.29, 1.82) is 0 Å². The molecule has 1 aliphatic carbocycles. The van der Waals surface area contributed by atoms with Gasteiger partial charge in [-0.15, -0.1) is 0 Å². The van der Waals surface area contributed by atoms with Gasteiger partial charge >= 0.3 is 0 Å². The Kier molecular flexibility index (Phi) is 4.71. The molecule has 1 fully saturated rings. The van der Waals surface area contributed by atoms with Gasteiger partial charge in [-0.25, -0.2) is 8.42 Å². The van der Waals surface area contributed by atoms with Crippen molar-refractivity contribution in [2.45, 2.75) is 31.7 Å². The normalized spacial score (nSPS) is 15.5. The Labute approximate surface area is 141 Å². The topological polar surface area (TPSA) is 79.4 Å². The summed E-state index contributed by atoms with van der Waals surface area (Å²) in [6.45, 7) is -0.231. The summed E-state index contributed by atoms with van der Waals surface area (Å²) in [6.07, 6.45) is 6.85. The lowest BCUT2D eigenvalue weighted by Gasteiger charge is -2.23. The standard InChI is InChI=1S/C17H21N3O3S/c1-24(22,23)20(12-16(21)19-14-8-2-3-9-14)15-10-4-6-13-7-5-11-18-17(13)15/h4-7,10-11,14H,2-3,8-9,12H2,1H3,(H,19,21). The molecule has 24 heavy (non-hydrogen) atoms. The molecule has 0 atom stereocenters. The van der Waals surface area contributed by atoms with Crippen LogP contribution in [-0.4, -0.2) is 38.2 Å². The zero-order chi connectivity index (χ0) is 17.2. The van der Waals surface area contributed by atoms with E-state index in [9.17, 15) is 13.2 Å². The molecular formula is C17H21N3O3S. The average molecular weight is 347 g/mol. The Bertz CT molecular complexity index is 840. The molecule has 1 aliphatic rings. The quantitative estimate of drug-likeness (QED) is 0.898. The molecule has 0 unspecified atom stereocenters. The van der Waals surface area contributed by atoms with E-state index in [2.05, 4.69) is 10.3 Å². The summed E-state index contributed by atoms with van der Waals surface area (Å²) < 4.78 is 25.7. The van der Waals surface area contributed by atoms with Gasteiger partial charge < -0.3 is 5.32 Å². The van der Waals surface area contributed by atoms with Gasteiger partial charge in [-0.3, -0.25) is 14.1 Å². The van der Waals surface area contributed by atoms with Crippen molar-refractivity contribution in [2.24, 2.45) is 0 Å². The maximum Gasteiger partial charge on any atom is 0.240 e. The number of hydrogen-bond acceptors (Lipinski definition) is 4. The summed E-state index contributed by atoms with van der Waals surface area (Å²) in [4.78, 5) is 16.6. The third-order valence-electron chi connectivity index (χ3n) is 4.29. The maximum absolute atomic E-state index is 12.3. The molecule has 128 valence electrons. The average Bonchev–Trinajstić information content (AvgIpc) is 3.04. The lowest BCUT2D eigenvalue weighted by atomic mass is 10.2. The molecule has 1 N–H and O–H groups in total. The van der Waals surface area contributed by atoms with Crippen LogP contribution in [0.25, 0.3) is 10.9 Å². The van der Waals surface area contributed by atoms with E-state index >= 15 is 0 Å². The van der Waals surface area contributed by atoms with Crippen molar-refractivity contribution in [3.8, 4) is 0 Å². The molecule has 0 saturated heterocycles. The highest BCUT2D eigenvalue weighted by Crippen LogP contribution is 2.26. The molecule has 6 nitrogen and oxygen atoms in total. The number of anilines is 1. The summed E-state index contributed by atoms with van der Waals surface area (Å²) in [6, 6.07) is 9.13. The zero-order valence-electron chi connectivity index (χ0n) is 13.6. The van der Waals surface area contributed by atoms with E-state index in [0.717, 1.165) is 41.6 Å². The monoisotopic (exact) mass is 347 g/mol. The van der Waals surface area contributed by atoms with E-state index in [0.29, 0.717) is 11.2 Å². The van der Waals surface area contributed by atoms with Gasteiger partial charge in [0.1, 0.15) is 6.54 Å². The summed E-state index contributed by atoms with van der Waals surface area (Å²) in [5.74, 6) is -0.278. The second kappa shape index (κ2) is 6.76.